The highest BCUT2D eigenvalue weighted by molar-refractivity contribution is 6.30. The number of esters is 1. The number of carbonyl (C=O) groups is 2. The lowest BCUT2D eigenvalue weighted by Crippen LogP contribution is -2.34. The van der Waals surface area contributed by atoms with Gasteiger partial charge in [-0.15, -0.1) is 0 Å². The highest BCUT2D eigenvalue weighted by Gasteiger charge is 2.17. The number of hydrogen-bond acceptors (Lipinski definition) is 4. The number of nitrogens with one attached hydrogen (secondary N) is 1. The summed E-state index contributed by atoms with van der Waals surface area (Å²) in [5.74, 6) is -0.635. The van der Waals surface area contributed by atoms with E-state index in [9.17, 15) is 9.59 Å². The number of amides is 1. The summed E-state index contributed by atoms with van der Waals surface area (Å²) < 4.78 is 4.65. The molecule has 3 rings (SSSR count). The summed E-state index contributed by atoms with van der Waals surface area (Å²) in [7, 11) is 1.33. The summed E-state index contributed by atoms with van der Waals surface area (Å²) in [6.07, 6.45) is 0.106. The number of ether oxygens (including phenoxy) is 1. The Morgan fingerprint density at radius 1 is 1.15 bits per heavy atom. The first-order valence-corrected chi connectivity index (χ1v) is 8.89. The average molecular weight is 383 g/mol. The van der Waals surface area contributed by atoms with E-state index in [0.717, 1.165) is 16.5 Å². The summed E-state index contributed by atoms with van der Waals surface area (Å²) in [5.41, 5.74) is 2.76. The molecule has 0 bridgehead atoms. The number of benzene rings is 2. The van der Waals surface area contributed by atoms with E-state index in [2.05, 4.69) is 15.0 Å². The third kappa shape index (κ3) is 4.44. The van der Waals surface area contributed by atoms with Crippen LogP contribution in [0.25, 0.3) is 22.2 Å². The van der Waals surface area contributed by atoms with Crippen molar-refractivity contribution >= 4 is 34.4 Å². The molecule has 1 heterocycles. The van der Waals surface area contributed by atoms with Crippen molar-refractivity contribution in [2.24, 2.45) is 0 Å². The zero-order valence-electron chi connectivity index (χ0n) is 15.0. The van der Waals surface area contributed by atoms with Crippen LogP contribution in [0.5, 0.6) is 0 Å². The predicted molar refractivity (Wildman–Crippen MR) is 106 cm³/mol. The molecule has 0 aliphatic heterocycles. The van der Waals surface area contributed by atoms with Crippen molar-refractivity contribution in [3.05, 3.63) is 65.2 Å². The Bertz CT molecular complexity index is 986. The smallest absolute Gasteiger partial charge is 0.307 e. The van der Waals surface area contributed by atoms with Gasteiger partial charge in [-0.3, -0.25) is 9.59 Å². The molecule has 5 nitrogen and oxygen atoms in total. The molecule has 0 spiro atoms. The minimum atomic E-state index is -0.371. The maximum atomic E-state index is 12.9. The van der Waals surface area contributed by atoms with Gasteiger partial charge >= 0.3 is 5.97 Å². The van der Waals surface area contributed by atoms with Crippen LogP contribution in [0.2, 0.25) is 5.02 Å². The number of para-hydroxylation sites is 1. The van der Waals surface area contributed by atoms with Gasteiger partial charge in [0.25, 0.3) is 5.91 Å². The third-order valence-electron chi connectivity index (χ3n) is 4.18. The van der Waals surface area contributed by atoms with Crippen molar-refractivity contribution in [1.82, 2.24) is 10.3 Å². The fourth-order valence-electron chi connectivity index (χ4n) is 2.82. The second-order valence-corrected chi connectivity index (χ2v) is 6.67. The van der Waals surface area contributed by atoms with Crippen molar-refractivity contribution in [2.75, 3.05) is 7.11 Å². The van der Waals surface area contributed by atoms with E-state index in [-0.39, 0.29) is 24.3 Å². The standard InChI is InChI=1S/C21H19ClN2O3/c1-13(11-20(25)27-2)23-21(26)17-12-19(14-7-9-15(22)10-8-14)24-18-6-4-3-5-16(17)18/h3-10,12-13H,11H2,1-2H3,(H,23,26). The van der Waals surface area contributed by atoms with Crippen LogP contribution in [0, 0.1) is 0 Å². The molecule has 6 heteroatoms. The van der Waals surface area contributed by atoms with Crippen LogP contribution in [-0.4, -0.2) is 30.0 Å². The lowest BCUT2D eigenvalue weighted by molar-refractivity contribution is -0.141. The first-order chi connectivity index (χ1) is 13.0. The summed E-state index contributed by atoms with van der Waals surface area (Å²) in [5, 5.41) is 4.23. The Kier molecular flexibility index (Phi) is 5.72. The molecular formula is C21H19ClN2O3. The molecule has 0 saturated heterocycles. The van der Waals surface area contributed by atoms with Crippen molar-refractivity contribution in [2.45, 2.75) is 19.4 Å². The first-order valence-electron chi connectivity index (χ1n) is 8.51. The molecule has 0 aliphatic carbocycles. The van der Waals surface area contributed by atoms with E-state index in [1.807, 2.05) is 36.4 Å². The lowest BCUT2D eigenvalue weighted by Gasteiger charge is -2.15. The van der Waals surface area contributed by atoms with Crippen molar-refractivity contribution in [1.29, 1.82) is 0 Å². The number of hydrogen-bond donors (Lipinski definition) is 1. The topological polar surface area (TPSA) is 68.3 Å². The van der Waals surface area contributed by atoms with Crippen molar-refractivity contribution in [3.8, 4) is 11.3 Å². The van der Waals surface area contributed by atoms with Gasteiger partial charge in [0, 0.05) is 22.0 Å². The van der Waals surface area contributed by atoms with Gasteiger partial charge in [-0.1, -0.05) is 41.9 Å². The zero-order chi connectivity index (χ0) is 19.4. The van der Waals surface area contributed by atoms with Crippen LogP contribution in [0.1, 0.15) is 23.7 Å². The molecule has 0 fully saturated rings. The molecule has 1 N–H and O–H groups in total. The van der Waals surface area contributed by atoms with Crippen LogP contribution in [-0.2, 0) is 9.53 Å². The molecule has 0 radical (unpaired) electrons. The maximum Gasteiger partial charge on any atom is 0.307 e. The molecule has 138 valence electrons. The number of aromatic nitrogens is 1. The Labute approximate surface area is 162 Å². The van der Waals surface area contributed by atoms with Gasteiger partial charge in [0.15, 0.2) is 0 Å². The largest absolute Gasteiger partial charge is 0.469 e. The van der Waals surface area contributed by atoms with Gasteiger partial charge in [0.05, 0.1) is 30.3 Å². The molecule has 27 heavy (non-hydrogen) atoms. The fraction of sp³-hybridized carbons (Fsp3) is 0.190. The molecule has 0 saturated carbocycles. The average Bonchev–Trinajstić information content (AvgIpc) is 2.67. The van der Waals surface area contributed by atoms with Gasteiger partial charge in [0.1, 0.15) is 0 Å². The van der Waals surface area contributed by atoms with Crippen LogP contribution in [0.4, 0.5) is 0 Å². The minimum absolute atomic E-state index is 0.106. The Morgan fingerprint density at radius 2 is 1.85 bits per heavy atom. The second kappa shape index (κ2) is 8.18. The summed E-state index contributed by atoms with van der Waals surface area (Å²) >= 11 is 5.96. The molecule has 0 aliphatic rings. The number of halogens is 1. The van der Waals surface area contributed by atoms with E-state index in [0.29, 0.717) is 16.3 Å². The van der Waals surface area contributed by atoms with E-state index in [1.54, 1.807) is 25.1 Å². The predicted octanol–water partition coefficient (Wildman–Crippen LogP) is 4.24. The SMILES string of the molecule is COC(=O)CC(C)NC(=O)c1cc(-c2ccc(Cl)cc2)nc2ccccc12. The monoisotopic (exact) mass is 382 g/mol. The quantitative estimate of drug-likeness (QED) is 0.670. The van der Waals surface area contributed by atoms with Crippen LogP contribution >= 0.6 is 11.6 Å². The van der Waals surface area contributed by atoms with Crippen molar-refractivity contribution in [3.63, 3.8) is 0 Å². The van der Waals surface area contributed by atoms with E-state index in [1.165, 1.54) is 7.11 Å². The number of pyridine rings is 1. The number of fused-ring (bicyclic) bond motifs is 1. The number of nitrogens with zero attached hydrogens (tertiary/aromatic N) is 1. The second-order valence-electron chi connectivity index (χ2n) is 6.23. The summed E-state index contributed by atoms with van der Waals surface area (Å²) in [6.45, 7) is 1.76. The summed E-state index contributed by atoms with van der Waals surface area (Å²) in [4.78, 5) is 29.0. The minimum Gasteiger partial charge on any atom is -0.469 e. The van der Waals surface area contributed by atoms with E-state index in [4.69, 9.17) is 11.6 Å². The molecular weight excluding hydrogens is 364 g/mol. The molecule has 1 aromatic heterocycles. The Morgan fingerprint density at radius 3 is 2.56 bits per heavy atom. The Balaban J connectivity index is 1.99. The molecule has 1 unspecified atom stereocenters. The molecule has 3 aromatic rings. The zero-order valence-corrected chi connectivity index (χ0v) is 15.8. The molecule has 1 atom stereocenters. The first kappa shape index (κ1) is 18.9. The lowest BCUT2D eigenvalue weighted by atomic mass is 10.0. The fourth-order valence-corrected chi connectivity index (χ4v) is 2.94. The normalized spacial score (nSPS) is 11.8. The number of rotatable bonds is 5. The number of carbonyl (C=O) groups excluding carboxylic acids is 2. The van der Waals surface area contributed by atoms with Crippen LogP contribution in [0.15, 0.2) is 54.6 Å². The van der Waals surface area contributed by atoms with Gasteiger partial charge in [-0.05, 0) is 31.2 Å². The highest BCUT2D eigenvalue weighted by atomic mass is 35.5. The molecule has 1 amide bonds. The van der Waals surface area contributed by atoms with Gasteiger partial charge in [-0.2, -0.15) is 0 Å². The third-order valence-corrected chi connectivity index (χ3v) is 4.43. The Hall–Kier alpha value is -2.92. The van der Waals surface area contributed by atoms with Crippen molar-refractivity contribution < 1.29 is 14.3 Å². The van der Waals surface area contributed by atoms with Gasteiger partial charge in [0.2, 0.25) is 0 Å². The van der Waals surface area contributed by atoms with E-state index >= 15 is 0 Å². The van der Waals surface area contributed by atoms with E-state index < -0.39 is 0 Å². The highest BCUT2D eigenvalue weighted by Crippen LogP contribution is 2.26. The van der Waals surface area contributed by atoms with Gasteiger partial charge in [-0.25, -0.2) is 4.98 Å². The maximum absolute atomic E-state index is 12.9. The van der Waals surface area contributed by atoms with Gasteiger partial charge < -0.3 is 10.1 Å². The molecule has 2 aromatic carbocycles. The summed E-state index contributed by atoms with van der Waals surface area (Å²) in [6, 6.07) is 16.2. The van der Waals surface area contributed by atoms with Crippen LogP contribution < -0.4 is 5.32 Å². The number of methoxy groups -OCH3 is 1. The van der Waals surface area contributed by atoms with Crippen LogP contribution in [0.3, 0.4) is 0 Å².